The van der Waals surface area contributed by atoms with Crippen LogP contribution in [0, 0.1) is 18.3 Å². The van der Waals surface area contributed by atoms with Crippen molar-refractivity contribution in [1.29, 1.82) is 0 Å². The number of hydrogen-bond donors (Lipinski definition) is 1. The van der Waals surface area contributed by atoms with Crippen LogP contribution in [0.4, 0.5) is 0 Å². The van der Waals surface area contributed by atoms with Crippen molar-refractivity contribution in [1.82, 2.24) is 20.1 Å². The average molecular weight is 232 g/mol. The van der Waals surface area contributed by atoms with Crippen molar-refractivity contribution >= 4 is 0 Å². The lowest BCUT2D eigenvalue weighted by molar-refractivity contribution is 0.449. The Morgan fingerprint density at radius 2 is 2.24 bits per heavy atom. The van der Waals surface area contributed by atoms with E-state index in [9.17, 15) is 0 Å². The molecule has 0 spiro atoms. The largest absolute Gasteiger partial charge is 0.314 e. The monoisotopic (exact) mass is 232 g/mol. The molecule has 0 fully saturated rings. The molecule has 0 aromatic carbocycles. The standard InChI is InChI=1S/C13H20N4/c1-4-11(10(2)3)14-9-13-16-15-12-7-5-6-8-17(12)13/h1,10-11,14H,5-9H2,2-3H3. The molecular formula is C13H20N4. The lowest BCUT2D eigenvalue weighted by Crippen LogP contribution is -2.33. The molecule has 1 aromatic rings. The van der Waals surface area contributed by atoms with Crippen molar-refractivity contribution in [3.63, 3.8) is 0 Å². The highest BCUT2D eigenvalue weighted by molar-refractivity contribution is 5.03. The van der Waals surface area contributed by atoms with E-state index >= 15 is 0 Å². The smallest absolute Gasteiger partial charge is 0.147 e. The SMILES string of the molecule is C#CC(NCc1nnc2n1CCCC2)C(C)C. The van der Waals surface area contributed by atoms with Crippen molar-refractivity contribution in [3.05, 3.63) is 11.6 Å². The highest BCUT2D eigenvalue weighted by Crippen LogP contribution is 2.14. The maximum atomic E-state index is 5.50. The Kier molecular flexibility index (Phi) is 3.80. The Balaban J connectivity index is 2.00. The van der Waals surface area contributed by atoms with E-state index in [4.69, 9.17) is 6.42 Å². The summed E-state index contributed by atoms with van der Waals surface area (Å²) in [5.74, 6) is 5.34. The molecule has 0 saturated heterocycles. The molecule has 2 rings (SSSR count). The van der Waals surface area contributed by atoms with Gasteiger partial charge in [0.15, 0.2) is 0 Å². The van der Waals surface area contributed by atoms with Gasteiger partial charge in [0, 0.05) is 13.0 Å². The van der Waals surface area contributed by atoms with E-state index in [0.29, 0.717) is 12.5 Å². The average Bonchev–Trinajstić information content (AvgIpc) is 2.73. The van der Waals surface area contributed by atoms with Gasteiger partial charge in [-0.2, -0.15) is 0 Å². The highest BCUT2D eigenvalue weighted by atomic mass is 15.3. The van der Waals surface area contributed by atoms with E-state index < -0.39 is 0 Å². The molecule has 4 heteroatoms. The summed E-state index contributed by atoms with van der Waals surface area (Å²) in [5, 5.41) is 11.8. The predicted molar refractivity (Wildman–Crippen MR) is 67.3 cm³/mol. The molecule has 0 aliphatic carbocycles. The predicted octanol–water partition coefficient (Wildman–Crippen LogP) is 1.36. The number of nitrogens with zero attached hydrogens (tertiary/aromatic N) is 3. The number of fused-ring (bicyclic) bond motifs is 1. The van der Waals surface area contributed by atoms with Crippen LogP contribution in [-0.4, -0.2) is 20.8 Å². The fraction of sp³-hybridized carbons (Fsp3) is 0.692. The van der Waals surface area contributed by atoms with Crippen molar-refractivity contribution in [2.45, 2.75) is 52.2 Å². The first-order valence-corrected chi connectivity index (χ1v) is 6.33. The van der Waals surface area contributed by atoms with Gasteiger partial charge in [0.05, 0.1) is 12.6 Å². The first-order chi connectivity index (χ1) is 8.22. The zero-order valence-electron chi connectivity index (χ0n) is 10.6. The first-order valence-electron chi connectivity index (χ1n) is 6.33. The summed E-state index contributed by atoms with van der Waals surface area (Å²) in [4.78, 5) is 0. The van der Waals surface area contributed by atoms with Crippen LogP contribution in [0.25, 0.3) is 0 Å². The lowest BCUT2D eigenvalue weighted by atomic mass is 10.1. The number of aromatic nitrogens is 3. The van der Waals surface area contributed by atoms with Gasteiger partial charge in [0.1, 0.15) is 11.6 Å². The van der Waals surface area contributed by atoms with E-state index in [-0.39, 0.29) is 6.04 Å². The molecule has 0 saturated carbocycles. The molecule has 0 bridgehead atoms. The summed E-state index contributed by atoms with van der Waals surface area (Å²) in [5.41, 5.74) is 0. The maximum Gasteiger partial charge on any atom is 0.147 e. The molecule has 1 aliphatic heterocycles. The summed E-state index contributed by atoms with van der Waals surface area (Å²) in [7, 11) is 0. The van der Waals surface area contributed by atoms with Gasteiger partial charge in [0.25, 0.3) is 0 Å². The van der Waals surface area contributed by atoms with Crippen molar-refractivity contribution < 1.29 is 0 Å². The van der Waals surface area contributed by atoms with Crippen LogP contribution >= 0.6 is 0 Å². The van der Waals surface area contributed by atoms with Crippen LogP contribution in [0.2, 0.25) is 0 Å². The van der Waals surface area contributed by atoms with Gasteiger partial charge < -0.3 is 4.57 Å². The third-order valence-corrected chi connectivity index (χ3v) is 3.26. The lowest BCUT2D eigenvalue weighted by Gasteiger charge is -2.18. The molecule has 92 valence electrons. The van der Waals surface area contributed by atoms with Crippen LogP contribution in [0.15, 0.2) is 0 Å². The third kappa shape index (κ3) is 2.67. The molecule has 1 aliphatic rings. The van der Waals surface area contributed by atoms with E-state index in [1.807, 2.05) is 0 Å². The van der Waals surface area contributed by atoms with Crippen LogP contribution in [0.3, 0.4) is 0 Å². The van der Waals surface area contributed by atoms with Gasteiger partial charge in [-0.25, -0.2) is 0 Å². The van der Waals surface area contributed by atoms with Crippen molar-refractivity contribution in [2.24, 2.45) is 5.92 Å². The quantitative estimate of drug-likeness (QED) is 0.797. The van der Waals surface area contributed by atoms with Gasteiger partial charge >= 0.3 is 0 Å². The summed E-state index contributed by atoms with van der Waals surface area (Å²) in [6, 6.07) is 0.103. The number of aryl methyl sites for hydroxylation is 1. The number of hydrogen-bond acceptors (Lipinski definition) is 3. The number of rotatable bonds is 4. The molecule has 1 unspecified atom stereocenters. The fourth-order valence-electron chi connectivity index (χ4n) is 2.19. The topological polar surface area (TPSA) is 42.7 Å². The molecule has 2 heterocycles. The molecule has 0 radical (unpaired) electrons. The summed E-state index contributed by atoms with van der Waals surface area (Å²) in [6.45, 7) is 6.00. The van der Waals surface area contributed by atoms with Crippen LogP contribution in [0.5, 0.6) is 0 Å². The minimum atomic E-state index is 0.103. The zero-order chi connectivity index (χ0) is 12.3. The second kappa shape index (κ2) is 5.33. The molecule has 1 atom stereocenters. The Hall–Kier alpha value is -1.34. The molecule has 1 N–H and O–H groups in total. The molecule has 0 amide bonds. The second-order valence-corrected chi connectivity index (χ2v) is 4.91. The minimum absolute atomic E-state index is 0.103. The summed E-state index contributed by atoms with van der Waals surface area (Å²) in [6.07, 6.45) is 9.00. The van der Waals surface area contributed by atoms with E-state index in [1.165, 1.54) is 12.8 Å². The maximum absolute atomic E-state index is 5.50. The normalized spacial score (nSPS) is 16.6. The van der Waals surface area contributed by atoms with Gasteiger partial charge in [-0.1, -0.05) is 19.8 Å². The van der Waals surface area contributed by atoms with Gasteiger partial charge in [-0.05, 0) is 18.8 Å². The minimum Gasteiger partial charge on any atom is -0.314 e. The van der Waals surface area contributed by atoms with Crippen LogP contribution in [-0.2, 0) is 19.5 Å². The Morgan fingerprint density at radius 1 is 1.41 bits per heavy atom. The molecular weight excluding hydrogens is 212 g/mol. The molecule has 17 heavy (non-hydrogen) atoms. The Labute approximate surface area is 103 Å². The van der Waals surface area contributed by atoms with Crippen LogP contribution in [0.1, 0.15) is 38.3 Å². The van der Waals surface area contributed by atoms with Gasteiger partial charge in [-0.3, -0.25) is 5.32 Å². The second-order valence-electron chi connectivity index (χ2n) is 4.91. The summed E-state index contributed by atoms with van der Waals surface area (Å²) >= 11 is 0. The van der Waals surface area contributed by atoms with Crippen LogP contribution < -0.4 is 5.32 Å². The van der Waals surface area contributed by atoms with Gasteiger partial charge in [0.2, 0.25) is 0 Å². The first kappa shape index (κ1) is 12.1. The third-order valence-electron chi connectivity index (χ3n) is 3.26. The molecule has 1 aromatic heterocycles. The molecule has 4 nitrogen and oxygen atoms in total. The summed E-state index contributed by atoms with van der Waals surface area (Å²) < 4.78 is 2.23. The van der Waals surface area contributed by atoms with E-state index in [2.05, 4.69) is 39.8 Å². The Bertz CT molecular complexity index is 414. The fourth-order valence-corrected chi connectivity index (χ4v) is 2.19. The van der Waals surface area contributed by atoms with Gasteiger partial charge in [-0.15, -0.1) is 16.6 Å². The highest BCUT2D eigenvalue weighted by Gasteiger charge is 2.16. The number of terminal acetylenes is 1. The zero-order valence-corrected chi connectivity index (χ0v) is 10.6. The Morgan fingerprint density at radius 3 is 2.94 bits per heavy atom. The van der Waals surface area contributed by atoms with E-state index in [0.717, 1.165) is 24.6 Å². The van der Waals surface area contributed by atoms with Crippen molar-refractivity contribution in [3.8, 4) is 12.3 Å². The van der Waals surface area contributed by atoms with E-state index in [1.54, 1.807) is 0 Å². The van der Waals surface area contributed by atoms with Crippen molar-refractivity contribution in [2.75, 3.05) is 0 Å². The number of nitrogens with one attached hydrogen (secondary N) is 1.